The van der Waals surface area contributed by atoms with Gasteiger partial charge in [-0.05, 0) is 12.5 Å². The van der Waals surface area contributed by atoms with Gasteiger partial charge in [0.05, 0.1) is 13.1 Å². The third-order valence-corrected chi connectivity index (χ3v) is 2.88. The zero-order valence-corrected chi connectivity index (χ0v) is 11.2. The summed E-state index contributed by atoms with van der Waals surface area (Å²) in [6.07, 6.45) is 0. The summed E-state index contributed by atoms with van der Waals surface area (Å²) in [7, 11) is 1.67. The molecule has 1 atom stereocenters. The van der Waals surface area contributed by atoms with Gasteiger partial charge in [0.25, 0.3) is 0 Å². The summed E-state index contributed by atoms with van der Waals surface area (Å²) in [6, 6.07) is 0.447. The molecule has 1 saturated heterocycles. The van der Waals surface area contributed by atoms with E-state index in [1.54, 1.807) is 11.9 Å². The highest BCUT2D eigenvalue weighted by atomic mass is 16.2. The minimum absolute atomic E-state index is 0.0219. The van der Waals surface area contributed by atoms with Crippen LogP contribution >= 0.6 is 0 Å². The van der Waals surface area contributed by atoms with Crippen molar-refractivity contribution in [2.45, 2.75) is 26.8 Å². The van der Waals surface area contributed by atoms with Crippen LogP contribution in [-0.2, 0) is 9.59 Å². The predicted molar refractivity (Wildman–Crippen MR) is 66.5 cm³/mol. The molecule has 0 aromatic heterocycles. The standard InChI is InChI=1S/C12H23N3O2/c1-9(2)13-5-10(3)6-15-8-11(16)14(4)7-12(15)17/h9-10,13H,5-8H2,1-4H3. The Morgan fingerprint density at radius 3 is 2.41 bits per heavy atom. The summed E-state index contributed by atoms with van der Waals surface area (Å²) < 4.78 is 0. The Morgan fingerprint density at radius 1 is 1.18 bits per heavy atom. The van der Waals surface area contributed by atoms with Crippen LogP contribution in [-0.4, -0.2) is 60.9 Å². The molecule has 0 aromatic carbocycles. The predicted octanol–water partition coefficient (Wildman–Crippen LogP) is -0.0789. The second kappa shape index (κ2) is 6.00. The third kappa shape index (κ3) is 4.34. The first-order valence-corrected chi connectivity index (χ1v) is 6.15. The fourth-order valence-electron chi connectivity index (χ4n) is 1.81. The first-order valence-electron chi connectivity index (χ1n) is 6.15. The van der Waals surface area contributed by atoms with Gasteiger partial charge in [-0.2, -0.15) is 0 Å². The number of carbonyl (C=O) groups excluding carboxylic acids is 2. The van der Waals surface area contributed by atoms with Crippen LogP contribution in [0.1, 0.15) is 20.8 Å². The van der Waals surface area contributed by atoms with E-state index < -0.39 is 0 Å². The quantitative estimate of drug-likeness (QED) is 0.732. The molecule has 1 rings (SSSR count). The SMILES string of the molecule is CC(CNC(C)C)CN1CC(=O)N(C)CC1=O. The molecule has 1 aliphatic heterocycles. The molecule has 17 heavy (non-hydrogen) atoms. The molecule has 1 unspecified atom stereocenters. The lowest BCUT2D eigenvalue weighted by Crippen LogP contribution is -2.53. The van der Waals surface area contributed by atoms with Crippen LogP contribution in [0.3, 0.4) is 0 Å². The molecule has 0 saturated carbocycles. The van der Waals surface area contributed by atoms with E-state index in [2.05, 4.69) is 26.1 Å². The van der Waals surface area contributed by atoms with E-state index in [1.807, 2.05) is 0 Å². The lowest BCUT2D eigenvalue weighted by atomic mass is 10.1. The number of piperazine rings is 1. The fraction of sp³-hybridized carbons (Fsp3) is 0.833. The van der Waals surface area contributed by atoms with Gasteiger partial charge in [-0.25, -0.2) is 0 Å². The Kier molecular flexibility index (Phi) is 4.93. The van der Waals surface area contributed by atoms with Gasteiger partial charge in [-0.1, -0.05) is 20.8 Å². The number of likely N-dealkylation sites (N-methyl/N-ethyl adjacent to an activating group) is 1. The molecule has 1 N–H and O–H groups in total. The number of nitrogens with one attached hydrogen (secondary N) is 1. The maximum Gasteiger partial charge on any atom is 0.242 e. The van der Waals surface area contributed by atoms with Gasteiger partial charge in [0.2, 0.25) is 11.8 Å². The van der Waals surface area contributed by atoms with Gasteiger partial charge in [0, 0.05) is 19.6 Å². The van der Waals surface area contributed by atoms with Crippen molar-refractivity contribution >= 4 is 11.8 Å². The maximum atomic E-state index is 11.7. The molecule has 5 nitrogen and oxygen atoms in total. The Balaban J connectivity index is 2.40. The largest absolute Gasteiger partial charge is 0.335 e. The van der Waals surface area contributed by atoms with Crippen molar-refractivity contribution in [3.05, 3.63) is 0 Å². The Labute approximate surface area is 103 Å². The zero-order valence-electron chi connectivity index (χ0n) is 11.2. The Bertz CT molecular complexity index is 291. The minimum Gasteiger partial charge on any atom is -0.335 e. The highest BCUT2D eigenvalue weighted by molar-refractivity contribution is 5.92. The van der Waals surface area contributed by atoms with Crippen molar-refractivity contribution in [2.24, 2.45) is 5.92 Å². The summed E-state index contributed by atoms with van der Waals surface area (Å²) in [5.41, 5.74) is 0. The van der Waals surface area contributed by atoms with Crippen LogP contribution in [0.4, 0.5) is 0 Å². The highest BCUT2D eigenvalue weighted by Gasteiger charge is 2.28. The second-order valence-electron chi connectivity index (χ2n) is 5.19. The molecule has 0 aromatic rings. The summed E-state index contributed by atoms with van der Waals surface area (Å²) in [5, 5.41) is 3.34. The van der Waals surface area contributed by atoms with E-state index in [1.165, 1.54) is 4.90 Å². The van der Waals surface area contributed by atoms with Crippen molar-refractivity contribution in [2.75, 3.05) is 33.2 Å². The lowest BCUT2D eigenvalue weighted by molar-refractivity contribution is -0.149. The van der Waals surface area contributed by atoms with E-state index in [-0.39, 0.29) is 24.9 Å². The normalized spacial score (nSPS) is 19.1. The van der Waals surface area contributed by atoms with Crippen LogP contribution in [0.15, 0.2) is 0 Å². The Hall–Kier alpha value is -1.10. The number of hydrogen-bond donors (Lipinski definition) is 1. The number of carbonyl (C=O) groups is 2. The van der Waals surface area contributed by atoms with Gasteiger partial charge in [0.1, 0.15) is 0 Å². The number of amides is 2. The summed E-state index contributed by atoms with van der Waals surface area (Å²) in [5.74, 6) is 0.426. The summed E-state index contributed by atoms with van der Waals surface area (Å²) in [4.78, 5) is 26.4. The first kappa shape index (κ1) is 14.0. The van der Waals surface area contributed by atoms with E-state index in [9.17, 15) is 9.59 Å². The van der Waals surface area contributed by atoms with Crippen LogP contribution in [0, 0.1) is 5.92 Å². The van der Waals surface area contributed by atoms with Crippen LogP contribution in [0.2, 0.25) is 0 Å². The summed E-state index contributed by atoms with van der Waals surface area (Å²) >= 11 is 0. The summed E-state index contributed by atoms with van der Waals surface area (Å²) in [6.45, 7) is 8.23. The van der Waals surface area contributed by atoms with Crippen LogP contribution in [0.5, 0.6) is 0 Å². The second-order valence-corrected chi connectivity index (χ2v) is 5.19. The molecule has 0 radical (unpaired) electrons. The zero-order chi connectivity index (χ0) is 13.0. The van der Waals surface area contributed by atoms with Gasteiger partial charge in [-0.3, -0.25) is 9.59 Å². The average molecular weight is 241 g/mol. The smallest absolute Gasteiger partial charge is 0.242 e. The number of rotatable bonds is 5. The lowest BCUT2D eigenvalue weighted by Gasteiger charge is -2.33. The van der Waals surface area contributed by atoms with E-state index in [0.717, 1.165) is 6.54 Å². The van der Waals surface area contributed by atoms with Gasteiger partial charge in [-0.15, -0.1) is 0 Å². The van der Waals surface area contributed by atoms with Crippen molar-refractivity contribution < 1.29 is 9.59 Å². The maximum absolute atomic E-state index is 11.7. The van der Waals surface area contributed by atoms with Crippen molar-refractivity contribution in [3.8, 4) is 0 Å². The number of nitrogens with zero attached hydrogens (tertiary/aromatic N) is 2. The van der Waals surface area contributed by atoms with Gasteiger partial charge >= 0.3 is 0 Å². The fourth-order valence-corrected chi connectivity index (χ4v) is 1.81. The average Bonchev–Trinajstić information content (AvgIpc) is 2.23. The van der Waals surface area contributed by atoms with Crippen molar-refractivity contribution in [1.29, 1.82) is 0 Å². The molecule has 5 heteroatoms. The van der Waals surface area contributed by atoms with Crippen molar-refractivity contribution in [3.63, 3.8) is 0 Å². The Morgan fingerprint density at radius 2 is 1.82 bits per heavy atom. The molecular formula is C12H23N3O2. The molecule has 1 aliphatic rings. The molecule has 0 spiro atoms. The van der Waals surface area contributed by atoms with E-state index >= 15 is 0 Å². The first-order chi connectivity index (χ1) is 7.90. The monoisotopic (exact) mass is 241 g/mol. The third-order valence-electron chi connectivity index (χ3n) is 2.88. The highest BCUT2D eigenvalue weighted by Crippen LogP contribution is 2.06. The molecule has 1 heterocycles. The topological polar surface area (TPSA) is 52.7 Å². The van der Waals surface area contributed by atoms with E-state index in [4.69, 9.17) is 0 Å². The molecule has 1 fully saturated rings. The molecular weight excluding hydrogens is 218 g/mol. The molecule has 0 aliphatic carbocycles. The van der Waals surface area contributed by atoms with Crippen LogP contribution in [0.25, 0.3) is 0 Å². The van der Waals surface area contributed by atoms with E-state index in [0.29, 0.717) is 18.5 Å². The minimum atomic E-state index is 0.0219. The van der Waals surface area contributed by atoms with Gasteiger partial charge < -0.3 is 15.1 Å². The number of hydrogen-bond acceptors (Lipinski definition) is 3. The molecule has 2 amide bonds. The molecule has 98 valence electrons. The molecule has 0 bridgehead atoms. The van der Waals surface area contributed by atoms with Crippen molar-refractivity contribution in [1.82, 2.24) is 15.1 Å². The van der Waals surface area contributed by atoms with Crippen LogP contribution < -0.4 is 5.32 Å². The van der Waals surface area contributed by atoms with Gasteiger partial charge in [0.15, 0.2) is 0 Å².